The Hall–Kier alpha value is -2.26. The number of halogens is 3. The van der Waals surface area contributed by atoms with Crippen LogP contribution in [-0.4, -0.2) is 60.3 Å². The zero-order valence-corrected chi connectivity index (χ0v) is 17.0. The Morgan fingerprint density at radius 1 is 1.38 bits per heavy atom. The maximum absolute atomic E-state index is 14.5. The van der Waals surface area contributed by atoms with Crippen molar-refractivity contribution in [3.63, 3.8) is 0 Å². The number of likely N-dealkylation sites (tertiary alicyclic amines) is 1. The van der Waals surface area contributed by atoms with Gasteiger partial charge in [0.25, 0.3) is 0 Å². The molecule has 10 heteroatoms. The fraction of sp³-hybridized carbons (Fsp3) is 0.526. The number of alkyl halides is 1. The van der Waals surface area contributed by atoms with Crippen molar-refractivity contribution in [2.75, 3.05) is 13.2 Å². The number of hydrogen-bond donors (Lipinski definition) is 1. The van der Waals surface area contributed by atoms with Gasteiger partial charge in [0.05, 0.1) is 11.6 Å². The van der Waals surface area contributed by atoms with E-state index in [1.165, 1.54) is 18.2 Å². The summed E-state index contributed by atoms with van der Waals surface area (Å²) in [5.74, 6) is -1.46. The fourth-order valence-corrected chi connectivity index (χ4v) is 3.09. The summed E-state index contributed by atoms with van der Waals surface area (Å²) >= 11 is 5.72. The molecule has 0 radical (unpaired) electrons. The van der Waals surface area contributed by atoms with E-state index in [1.54, 1.807) is 20.8 Å². The van der Waals surface area contributed by atoms with E-state index in [1.807, 2.05) is 0 Å². The molecular formula is C19H23ClF2N2O5. The summed E-state index contributed by atoms with van der Waals surface area (Å²) < 4.78 is 38.9. The highest BCUT2D eigenvalue weighted by molar-refractivity contribution is 6.30. The highest BCUT2D eigenvalue weighted by atomic mass is 35.5. The molecule has 1 N–H and O–H groups in total. The molecule has 7 nitrogen and oxygen atoms in total. The van der Waals surface area contributed by atoms with Crippen molar-refractivity contribution < 1.29 is 32.6 Å². The van der Waals surface area contributed by atoms with Crippen LogP contribution in [0.1, 0.15) is 26.3 Å². The molecule has 1 saturated heterocycles. The van der Waals surface area contributed by atoms with E-state index in [2.05, 4.69) is 5.32 Å². The van der Waals surface area contributed by atoms with Crippen LogP contribution in [-0.2, 0) is 25.6 Å². The monoisotopic (exact) mass is 432 g/mol. The molecule has 0 aliphatic carbocycles. The standard InChI is InChI=1S/C19H23ClF2N2O5/c1-19(2,3)29-18(27)24-10-13(21)16(28-8-7-25)15(24)17(26)23-9-11-5-4-6-12(20)14(11)22/h4-7,13,15-16H,8-10H2,1-3H3,(H,23,26)/t13-,15-,16+/m0/s1. The van der Waals surface area contributed by atoms with Gasteiger partial charge in [0, 0.05) is 12.1 Å². The molecular weight excluding hydrogens is 410 g/mol. The number of rotatable bonds is 6. The van der Waals surface area contributed by atoms with Gasteiger partial charge >= 0.3 is 6.09 Å². The summed E-state index contributed by atoms with van der Waals surface area (Å²) in [6, 6.07) is 2.92. The number of amides is 2. The molecule has 160 valence electrons. The van der Waals surface area contributed by atoms with Crippen LogP contribution >= 0.6 is 11.6 Å². The quantitative estimate of drug-likeness (QED) is 0.698. The van der Waals surface area contributed by atoms with Crippen molar-refractivity contribution in [1.82, 2.24) is 10.2 Å². The third-order valence-corrected chi connectivity index (χ3v) is 4.40. The van der Waals surface area contributed by atoms with Gasteiger partial charge in [-0.3, -0.25) is 9.69 Å². The van der Waals surface area contributed by atoms with Gasteiger partial charge in [-0.05, 0) is 26.8 Å². The molecule has 0 saturated carbocycles. The average Bonchev–Trinajstić information content (AvgIpc) is 2.96. The van der Waals surface area contributed by atoms with Gasteiger partial charge < -0.3 is 19.6 Å². The van der Waals surface area contributed by atoms with E-state index in [0.717, 1.165) is 4.90 Å². The summed E-state index contributed by atoms with van der Waals surface area (Å²) in [4.78, 5) is 36.8. The summed E-state index contributed by atoms with van der Waals surface area (Å²) in [5.41, 5.74) is -0.745. The molecule has 2 rings (SSSR count). The number of nitrogens with zero attached hydrogens (tertiary/aromatic N) is 1. The SMILES string of the molecule is CC(C)(C)OC(=O)N1C[C@H](F)[C@@H](OCC=O)[C@H]1C(=O)NCc1cccc(Cl)c1F. The van der Waals surface area contributed by atoms with Crippen LogP contribution in [0.4, 0.5) is 13.6 Å². The van der Waals surface area contributed by atoms with Crippen molar-refractivity contribution in [3.8, 4) is 0 Å². The third kappa shape index (κ3) is 5.86. The minimum Gasteiger partial charge on any atom is -0.444 e. The highest BCUT2D eigenvalue weighted by Gasteiger charge is 2.50. The van der Waals surface area contributed by atoms with Crippen molar-refractivity contribution in [2.45, 2.75) is 51.2 Å². The Labute approximate surface area is 172 Å². The van der Waals surface area contributed by atoms with Crippen LogP contribution in [0.5, 0.6) is 0 Å². The normalized spacial score (nSPS) is 21.7. The first-order valence-electron chi connectivity index (χ1n) is 8.94. The molecule has 0 bridgehead atoms. The highest BCUT2D eigenvalue weighted by Crippen LogP contribution is 2.27. The van der Waals surface area contributed by atoms with Gasteiger partial charge in [0.1, 0.15) is 42.6 Å². The van der Waals surface area contributed by atoms with Crippen LogP contribution in [0.15, 0.2) is 18.2 Å². The first kappa shape index (κ1) is 23.0. The zero-order valence-electron chi connectivity index (χ0n) is 16.3. The largest absolute Gasteiger partial charge is 0.444 e. The molecule has 1 aromatic carbocycles. The van der Waals surface area contributed by atoms with Crippen LogP contribution in [0.2, 0.25) is 5.02 Å². The first-order valence-corrected chi connectivity index (χ1v) is 9.32. The Morgan fingerprint density at radius 2 is 2.07 bits per heavy atom. The van der Waals surface area contributed by atoms with E-state index < -0.39 is 54.9 Å². The topological polar surface area (TPSA) is 84.9 Å². The van der Waals surface area contributed by atoms with Crippen molar-refractivity contribution >= 4 is 29.9 Å². The van der Waals surface area contributed by atoms with Crippen LogP contribution in [0.25, 0.3) is 0 Å². The number of benzene rings is 1. The lowest BCUT2D eigenvalue weighted by Crippen LogP contribution is -2.52. The molecule has 1 aliphatic rings. The number of hydrogen-bond acceptors (Lipinski definition) is 5. The predicted octanol–water partition coefficient (Wildman–Crippen LogP) is 2.64. The van der Waals surface area contributed by atoms with Crippen molar-refractivity contribution in [3.05, 3.63) is 34.6 Å². The van der Waals surface area contributed by atoms with E-state index >= 15 is 0 Å². The molecule has 29 heavy (non-hydrogen) atoms. The molecule has 0 unspecified atom stereocenters. The number of carbonyl (C=O) groups is 3. The van der Waals surface area contributed by atoms with Gasteiger partial charge in [-0.2, -0.15) is 0 Å². The second-order valence-electron chi connectivity index (χ2n) is 7.49. The molecule has 0 spiro atoms. The number of nitrogens with one attached hydrogen (secondary N) is 1. The van der Waals surface area contributed by atoms with Gasteiger partial charge in [-0.25, -0.2) is 13.6 Å². The lowest BCUT2D eigenvalue weighted by molar-refractivity contribution is -0.132. The van der Waals surface area contributed by atoms with Crippen LogP contribution in [0, 0.1) is 5.82 Å². The summed E-state index contributed by atoms with van der Waals surface area (Å²) in [7, 11) is 0. The zero-order chi connectivity index (χ0) is 21.8. The summed E-state index contributed by atoms with van der Waals surface area (Å²) in [6.45, 7) is 3.77. The lowest BCUT2D eigenvalue weighted by atomic mass is 10.1. The lowest BCUT2D eigenvalue weighted by Gasteiger charge is -2.29. The maximum atomic E-state index is 14.5. The van der Waals surface area contributed by atoms with Crippen LogP contribution in [0.3, 0.4) is 0 Å². The van der Waals surface area contributed by atoms with E-state index in [9.17, 15) is 23.2 Å². The maximum Gasteiger partial charge on any atom is 0.411 e. The minimum absolute atomic E-state index is 0.107. The summed E-state index contributed by atoms with van der Waals surface area (Å²) in [5, 5.41) is 2.35. The Bertz CT molecular complexity index is 771. The Kier molecular flexibility index (Phi) is 7.54. The van der Waals surface area contributed by atoms with Crippen molar-refractivity contribution in [2.24, 2.45) is 0 Å². The third-order valence-electron chi connectivity index (χ3n) is 4.11. The minimum atomic E-state index is -1.71. The Morgan fingerprint density at radius 3 is 2.69 bits per heavy atom. The number of aldehydes is 1. The van der Waals surface area contributed by atoms with E-state index in [0.29, 0.717) is 6.29 Å². The second kappa shape index (κ2) is 9.49. The molecule has 2 amide bonds. The molecule has 3 atom stereocenters. The molecule has 1 heterocycles. The molecule has 1 fully saturated rings. The fourth-order valence-electron chi connectivity index (χ4n) is 2.90. The Balaban J connectivity index is 2.20. The number of ether oxygens (including phenoxy) is 2. The average molecular weight is 433 g/mol. The van der Waals surface area contributed by atoms with Crippen molar-refractivity contribution in [1.29, 1.82) is 0 Å². The van der Waals surface area contributed by atoms with E-state index in [-0.39, 0.29) is 17.1 Å². The number of carbonyl (C=O) groups excluding carboxylic acids is 3. The molecule has 1 aliphatic heterocycles. The second-order valence-corrected chi connectivity index (χ2v) is 7.90. The first-order chi connectivity index (χ1) is 13.5. The predicted molar refractivity (Wildman–Crippen MR) is 101 cm³/mol. The molecule has 1 aromatic rings. The van der Waals surface area contributed by atoms with Gasteiger partial charge in [0.2, 0.25) is 5.91 Å². The van der Waals surface area contributed by atoms with Gasteiger partial charge in [-0.15, -0.1) is 0 Å². The smallest absolute Gasteiger partial charge is 0.411 e. The van der Waals surface area contributed by atoms with Gasteiger partial charge in [0.15, 0.2) is 0 Å². The van der Waals surface area contributed by atoms with E-state index in [4.69, 9.17) is 21.1 Å². The van der Waals surface area contributed by atoms with Crippen LogP contribution < -0.4 is 5.32 Å². The van der Waals surface area contributed by atoms with Gasteiger partial charge in [-0.1, -0.05) is 23.7 Å². The molecule has 0 aromatic heterocycles. The summed E-state index contributed by atoms with van der Waals surface area (Å²) in [6.07, 6.45) is -3.55.